The Balaban J connectivity index is 1.76. The van der Waals surface area contributed by atoms with E-state index in [1.54, 1.807) is 0 Å². The molecule has 0 radical (unpaired) electrons. The molecule has 0 amide bonds. The Morgan fingerprint density at radius 1 is 1.21 bits per heavy atom. The summed E-state index contributed by atoms with van der Waals surface area (Å²) in [5.41, 5.74) is 0. The molecule has 1 aliphatic carbocycles. The number of hydrogen-bond acceptors (Lipinski definition) is 2. The number of hydrogen-bond donors (Lipinski definition) is 1. The van der Waals surface area contributed by atoms with E-state index in [1.165, 1.54) is 53.5 Å². The van der Waals surface area contributed by atoms with Gasteiger partial charge in [0.25, 0.3) is 0 Å². The minimum Gasteiger partial charge on any atom is -0.312 e. The standard InChI is InChI=1S/C17H23NS/c1-18-15(11-13-7-3-2-4-8-13)17-12-14-9-5-6-10-16(14)19-17/h5-6,9-10,12-13,15,18H,2-4,7-8,11H2,1H3. The molecule has 0 aliphatic heterocycles. The van der Waals surface area contributed by atoms with E-state index in [0.717, 1.165) is 5.92 Å². The zero-order chi connectivity index (χ0) is 13.1. The van der Waals surface area contributed by atoms with E-state index in [0.29, 0.717) is 6.04 Å². The van der Waals surface area contributed by atoms with Crippen LogP contribution in [0.15, 0.2) is 30.3 Å². The highest BCUT2D eigenvalue weighted by molar-refractivity contribution is 7.19. The SMILES string of the molecule is CNC(CC1CCCCC1)c1cc2ccccc2s1. The minimum atomic E-state index is 0.542. The molecule has 1 atom stereocenters. The second kappa shape index (κ2) is 6.06. The lowest BCUT2D eigenvalue weighted by molar-refractivity contribution is 0.307. The molecule has 0 bridgehead atoms. The molecule has 0 spiro atoms. The van der Waals surface area contributed by atoms with Crippen LogP contribution in [0.3, 0.4) is 0 Å². The highest BCUT2D eigenvalue weighted by Gasteiger charge is 2.20. The van der Waals surface area contributed by atoms with Crippen LogP contribution in [0.1, 0.15) is 49.4 Å². The second-order valence-corrected chi connectivity index (χ2v) is 6.88. The van der Waals surface area contributed by atoms with Gasteiger partial charge in [0.1, 0.15) is 0 Å². The van der Waals surface area contributed by atoms with Crippen molar-refractivity contribution in [1.29, 1.82) is 0 Å². The van der Waals surface area contributed by atoms with Crippen LogP contribution in [0, 0.1) is 5.92 Å². The van der Waals surface area contributed by atoms with Gasteiger partial charge in [0.05, 0.1) is 0 Å². The summed E-state index contributed by atoms with van der Waals surface area (Å²) < 4.78 is 1.42. The normalized spacial score (nSPS) is 18.8. The molecule has 3 rings (SSSR count). The van der Waals surface area contributed by atoms with Crippen molar-refractivity contribution in [1.82, 2.24) is 5.32 Å². The predicted octanol–water partition coefficient (Wildman–Crippen LogP) is 5.13. The number of fused-ring (bicyclic) bond motifs is 1. The van der Waals surface area contributed by atoms with Crippen LogP contribution in [0.25, 0.3) is 10.1 Å². The first-order valence-electron chi connectivity index (χ1n) is 7.52. The molecule has 1 saturated carbocycles. The summed E-state index contributed by atoms with van der Waals surface area (Å²) in [4.78, 5) is 1.51. The highest BCUT2D eigenvalue weighted by Crippen LogP contribution is 2.36. The van der Waals surface area contributed by atoms with Crippen LogP contribution >= 0.6 is 11.3 Å². The van der Waals surface area contributed by atoms with E-state index in [1.807, 2.05) is 11.3 Å². The Labute approximate surface area is 120 Å². The summed E-state index contributed by atoms with van der Waals surface area (Å²) in [5, 5.41) is 4.93. The third kappa shape index (κ3) is 3.01. The van der Waals surface area contributed by atoms with Crippen molar-refractivity contribution in [3.8, 4) is 0 Å². The van der Waals surface area contributed by atoms with Gasteiger partial charge in [0.2, 0.25) is 0 Å². The summed E-state index contributed by atoms with van der Waals surface area (Å²) in [6.07, 6.45) is 8.50. The van der Waals surface area contributed by atoms with Crippen LogP contribution in [-0.4, -0.2) is 7.05 Å². The van der Waals surface area contributed by atoms with Crippen molar-refractivity contribution < 1.29 is 0 Å². The van der Waals surface area contributed by atoms with Gasteiger partial charge in [-0.15, -0.1) is 11.3 Å². The van der Waals surface area contributed by atoms with Crippen molar-refractivity contribution in [2.75, 3.05) is 7.05 Å². The molecule has 19 heavy (non-hydrogen) atoms. The average Bonchev–Trinajstić information content (AvgIpc) is 2.89. The number of nitrogens with one attached hydrogen (secondary N) is 1. The Morgan fingerprint density at radius 3 is 2.74 bits per heavy atom. The molecule has 1 aromatic heterocycles. The Bertz CT molecular complexity index is 492. The molecule has 1 aromatic carbocycles. The molecule has 2 aromatic rings. The third-order valence-electron chi connectivity index (χ3n) is 4.43. The molecule has 1 aliphatic rings. The summed E-state index contributed by atoms with van der Waals surface area (Å²) >= 11 is 1.96. The van der Waals surface area contributed by atoms with Crippen molar-refractivity contribution in [3.05, 3.63) is 35.2 Å². The first-order valence-corrected chi connectivity index (χ1v) is 8.34. The van der Waals surface area contributed by atoms with Gasteiger partial charge in [-0.3, -0.25) is 0 Å². The zero-order valence-corrected chi connectivity index (χ0v) is 12.5. The quantitative estimate of drug-likeness (QED) is 0.814. The summed E-state index contributed by atoms with van der Waals surface area (Å²) in [5.74, 6) is 0.927. The lowest BCUT2D eigenvalue weighted by Crippen LogP contribution is -2.20. The minimum absolute atomic E-state index is 0.542. The van der Waals surface area contributed by atoms with E-state index >= 15 is 0 Å². The topological polar surface area (TPSA) is 12.0 Å². The van der Waals surface area contributed by atoms with E-state index in [-0.39, 0.29) is 0 Å². The molecule has 102 valence electrons. The molecule has 1 nitrogen and oxygen atoms in total. The van der Waals surface area contributed by atoms with Crippen LogP contribution in [0.4, 0.5) is 0 Å². The fraction of sp³-hybridized carbons (Fsp3) is 0.529. The second-order valence-electron chi connectivity index (χ2n) is 5.77. The van der Waals surface area contributed by atoms with E-state index in [4.69, 9.17) is 0 Å². The van der Waals surface area contributed by atoms with Gasteiger partial charge in [-0.25, -0.2) is 0 Å². The Morgan fingerprint density at radius 2 is 2.00 bits per heavy atom. The molecule has 2 heteroatoms. The van der Waals surface area contributed by atoms with Crippen molar-refractivity contribution in [3.63, 3.8) is 0 Å². The largest absolute Gasteiger partial charge is 0.312 e. The molecular formula is C17H23NS. The summed E-state index contributed by atoms with van der Waals surface area (Å²) in [6.45, 7) is 0. The highest BCUT2D eigenvalue weighted by atomic mass is 32.1. The van der Waals surface area contributed by atoms with Gasteiger partial charge in [0, 0.05) is 15.6 Å². The molecule has 1 N–H and O–H groups in total. The van der Waals surface area contributed by atoms with Crippen LogP contribution < -0.4 is 5.32 Å². The van der Waals surface area contributed by atoms with Gasteiger partial charge in [0.15, 0.2) is 0 Å². The predicted molar refractivity (Wildman–Crippen MR) is 84.8 cm³/mol. The smallest absolute Gasteiger partial charge is 0.0415 e. The maximum absolute atomic E-state index is 3.54. The molecule has 1 heterocycles. The monoisotopic (exact) mass is 273 g/mol. The van der Waals surface area contributed by atoms with Crippen LogP contribution in [0.2, 0.25) is 0 Å². The molecular weight excluding hydrogens is 250 g/mol. The van der Waals surface area contributed by atoms with Crippen molar-refractivity contribution in [2.45, 2.75) is 44.6 Å². The van der Waals surface area contributed by atoms with Gasteiger partial charge < -0.3 is 5.32 Å². The average molecular weight is 273 g/mol. The van der Waals surface area contributed by atoms with Crippen LogP contribution in [0.5, 0.6) is 0 Å². The first-order chi connectivity index (χ1) is 9.36. The van der Waals surface area contributed by atoms with Gasteiger partial charge >= 0.3 is 0 Å². The lowest BCUT2D eigenvalue weighted by atomic mass is 9.84. The van der Waals surface area contributed by atoms with Gasteiger partial charge in [-0.1, -0.05) is 50.3 Å². The van der Waals surface area contributed by atoms with Gasteiger partial charge in [-0.05, 0) is 36.9 Å². The Hall–Kier alpha value is -0.860. The maximum Gasteiger partial charge on any atom is 0.0415 e. The Kier molecular flexibility index (Phi) is 4.19. The van der Waals surface area contributed by atoms with Crippen molar-refractivity contribution in [2.24, 2.45) is 5.92 Å². The third-order valence-corrected chi connectivity index (χ3v) is 5.66. The molecule has 1 unspecified atom stereocenters. The van der Waals surface area contributed by atoms with E-state index in [2.05, 4.69) is 42.7 Å². The van der Waals surface area contributed by atoms with Crippen molar-refractivity contribution >= 4 is 21.4 Å². The fourth-order valence-corrected chi connectivity index (χ4v) is 4.49. The number of benzene rings is 1. The fourth-order valence-electron chi connectivity index (χ4n) is 3.31. The lowest BCUT2D eigenvalue weighted by Gasteiger charge is -2.25. The first kappa shape index (κ1) is 13.1. The number of rotatable bonds is 4. The molecule has 0 saturated heterocycles. The van der Waals surface area contributed by atoms with Crippen LogP contribution in [-0.2, 0) is 0 Å². The van der Waals surface area contributed by atoms with E-state index < -0.39 is 0 Å². The zero-order valence-electron chi connectivity index (χ0n) is 11.7. The summed E-state index contributed by atoms with van der Waals surface area (Å²) in [6, 6.07) is 11.6. The molecule has 1 fully saturated rings. The van der Waals surface area contributed by atoms with Gasteiger partial charge in [-0.2, -0.15) is 0 Å². The number of thiophene rings is 1. The van der Waals surface area contributed by atoms with E-state index in [9.17, 15) is 0 Å². The summed E-state index contributed by atoms with van der Waals surface area (Å²) in [7, 11) is 2.11. The maximum atomic E-state index is 3.54.